The number of aromatic nitrogens is 1. The first-order valence-corrected chi connectivity index (χ1v) is 10.7. The van der Waals surface area contributed by atoms with Crippen molar-refractivity contribution in [2.75, 3.05) is 13.1 Å². The van der Waals surface area contributed by atoms with Gasteiger partial charge in [0.15, 0.2) is 0 Å². The van der Waals surface area contributed by atoms with E-state index in [0.29, 0.717) is 26.1 Å². The van der Waals surface area contributed by atoms with E-state index in [0.717, 1.165) is 48.9 Å². The summed E-state index contributed by atoms with van der Waals surface area (Å²) in [6.45, 7) is 1.94. The van der Waals surface area contributed by atoms with Crippen molar-refractivity contribution in [2.45, 2.75) is 51.5 Å². The highest BCUT2D eigenvalue weighted by atomic mass is 16.2. The zero-order valence-electron chi connectivity index (χ0n) is 16.9. The summed E-state index contributed by atoms with van der Waals surface area (Å²) in [5, 5.41) is 3.07. The molecule has 1 aromatic carbocycles. The number of carbonyl (C=O) groups is 2. The lowest BCUT2D eigenvalue weighted by molar-refractivity contribution is -0.124. The van der Waals surface area contributed by atoms with E-state index >= 15 is 0 Å². The van der Waals surface area contributed by atoms with Crippen molar-refractivity contribution in [3.05, 3.63) is 65.5 Å². The van der Waals surface area contributed by atoms with E-state index in [4.69, 9.17) is 0 Å². The van der Waals surface area contributed by atoms with Crippen LogP contribution in [0, 0.1) is 5.41 Å². The van der Waals surface area contributed by atoms with Gasteiger partial charge in [0.05, 0.1) is 0 Å². The van der Waals surface area contributed by atoms with Crippen molar-refractivity contribution in [2.24, 2.45) is 5.41 Å². The number of rotatable bonds is 7. The summed E-state index contributed by atoms with van der Waals surface area (Å²) in [4.78, 5) is 31.9. The molecule has 5 heteroatoms. The van der Waals surface area contributed by atoms with Gasteiger partial charge in [-0.05, 0) is 42.0 Å². The smallest absolute Gasteiger partial charge is 0.254 e. The quantitative estimate of drug-likeness (QED) is 0.782. The average molecular weight is 392 g/mol. The van der Waals surface area contributed by atoms with Crippen molar-refractivity contribution >= 4 is 11.8 Å². The molecule has 2 amide bonds. The van der Waals surface area contributed by atoms with E-state index < -0.39 is 0 Å². The van der Waals surface area contributed by atoms with Gasteiger partial charge in [0, 0.05) is 49.9 Å². The van der Waals surface area contributed by atoms with Crippen LogP contribution < -0.4 is 5.32 Å². The van der Waals surface area contributed by atoms with Crippen molar-refractivity contribution < 1.29 is 9.59 Å². The Kier molecular flexibility index (Phi) is 5.93. The van der Waals surface area contributed by atoms with E-state index in [-0.39, 0.29) is 17.2 Å². The zero-order valence-corrected chi connectivity index (χ0v) is 16.9. The molecule has 1 saturated carbocycles. The molecule has 0 bridgehead atoms. The van der Waals surface area contributed by atoms with E-state index in [9.17, 15) is 9.59 Å². The fourth-order valence-electron chi connectivity index (χ4n) is 4.82. The van der Waals surface area contributed by atoms with Gasteiger partial charge in [0.25, 0.3) is 5.91 Å². The highest BCUT2D eigenvalue weighted by molar-refractivity contribution is 5.98. The van der Waals surface area contributed by atoms with Crippen molar-refractivity contribution in [3.63, 3.8) is 0 Å². The lowest BCUT2D eigenvalue weighted by Gasteiger charge is -2.39. The normalized spacial score (nSPS) is 17.8. The predicted octanol–water partition coefficient (Wildman–Crippen LogP) is 3.74. The van der Waals surface area contributed by atoms with E-state index in [2.05, 4.69) is 10.3 Å². The molecule has 1 fully saturated rings. The van der Waals surface area contributed by atoms with Gasteiger partial charge >= 0.3 is 0 Å². The highest BCUT2D eigenvalue weighted by Gasteiger charge is 2.39. The second kappa shape index (κ2) is 8.76. The number of fused-ring (bicyclic) bond motifs is 1. The lowest BCUT2D eigenvalue weighted by Crippen LogP contribution is -2.43. The van der Waals surface area contributed by atoms with Gasteiger partial charge in [-0.1, -0.05) is 43.5 Å². The Morgan fingerprint density at radius 1 is 1.07 bits per heavy atom. The van der Waals surface area contributed by atoms with Crippen LogP contribution in [0.4, 0.5) is 0 Å². The molecular weight excluding hydrogens is 362 g/mol. The van der Waals surface area contributed by atoms with E-state index in [1.165, 1.54) is 6.42 Å². The number of nitrogens with zero attached hydrogens (tertiary/aromatic N) is 2. The Morgan fingerprint density at radius 2 is 1.86 bits per heavy atom. The first-order valence-electron chi connectivity index (χ1n) is 10.7. The van der Waals surface area contributed by atoms with E-state index in [1.807, 2.05) is 47.4 Å². The van der Waals surface area contributed by atoms with Gasteiger partial charge in [-0.2, -0.15) is 0 Å². The summed E-state index contributed by atoms with van der Waals surface area (Å²) in [6.07, 6.45) is 8.53. The molecular formula is C24H29N3O2. The Bertz CT molecular complexity index is 859. The molecule has 2 aliphatic rings. The number of hydrogen-bond acceptors (Lipinski definition) is 3. The summed E-state index contributed by atoms with van der Waals surface area (Å²) >= 11 is 0. The molecule has 1 aromatic heterocycles. The molecule has 2 aromatic rings. The predicted molar refractivity (Wildman–Crippen MR) is 112 cm³/mol. The Morgan fingerprint density at radius 3 is 2.62 bits per heavy atom. The highest BCUT2D eigenvalue weighted by Crippen LogP contribution is 2.41. The third kappa shape index (κ3) is 4.66. The minimum absolute atomic E-state index is 0.0898. The summed E-state index contributed by atoms with van der Waals surface area (Å²) in [5.41, 5.74) is 2.80. The fourth-order valence-corrected chi connectivity index (χ4v) is 4.82. The van der Waals surface area contributed by atoms with Crippen molar-refractivity contribution in [1.82, 2.24) is 15.2 Å². The molecule has 29 heavy (non-hydrogen) atoms. The maximum Gasteiger partial charge on any atom is 0.254 e. The number of benzene rings is 1. The number of pyridine rings is 1. The van der Waals surface area contributed by atoms with Crippen LogP contribution in [0.3, 0.4) is 0 Å². The van der Waals surface area contributed by atoms with Gasteiger partial charge < -0.3 is 10.2 Å². The molecule has 0 saturated heterocycles. The Hall–Kier alpha value is -2.69. The van der Waals surface area contributed by atoms with E-state index in [1.54, 1.807) is 6.20 Å². The molecule has 0 unspecified atom stereocenters. The summed E-state index contributed by atoms with van der Waals surface area (Å²) in [7, 11) is 0. The SMILES string of the molecule is O=C(CC1(CN2Cc3ccccc3C2=O)CCCCC1)NCCc1ccccn1. The van der Waals surface area contributed by atoms with Crippen LogP contribution >= 0.6 is 0 Å². The van der Waals surface area contributed by atoms with Gasteiger partial charge in [0.1, 0.15) is 0 Å². The monoisotopic (exact) mass is 391 g/mol. The molecule has 0 radical (unpaired) electrons. The Balaban J connectivity index is 1.37. The molecule has 5 nitrogen and oxygen atoms in total. The van der Waals surface area contributed by atoms with Crippen LogP contribution in [-0.4, -0.2) is 34.8 Å². The average Bonchev–Trinajstić information content (AvgIpc) is 3.05. The van der Waals surface area contributed by atoms with Crippen LogP contribution in [0.5, 0.6) is 0 Å². The number of hydrogen-bond donors (Lipinski definition) is 1. The maximum absolute atomic E-state index is 12.8. The summed E-state index contributed by atoms with van der Waals surface area (Å²) in [5.74, 6) is 0.202. The maximum atomic E-state index is 12.8. The van der Waals surface area contributed by atoms with Crippen LogP contribution in [0.25, 0.3) is 0 Å². The number of amides is 2. The first-order chi connectivity index (χ1) is 14.2. The zero-order chi connectivity index (χ0) is 20.1. The fraction of sp³-hybridized carbons (Fsp3) is 0.458. The molecule has 0 atom stereocenters. The molecule has 1 N–H and O–H groups in total. The molecule has 1 aliphatic heterocycles. The summed E-state index contributed by atoms with van der Waals surface area (Å²) in [6, 6.07) is 13.7. The number of carbonyl (C=O) groups excluding carboxylic acids is 2. The second-order valence-corrected chi connectivity index (χ2v) is 8.48. The first kappa shape index (κ1) is 19.6. The molecule has 0 spiro atoms. The van der Waals surface area contributed by atoms with Crippen LogP contribution in [0.15, 0.2) is 48.7 Å². The van der Waals surface area contributed by atoms with Crippen molar-refractivity contribution in [3.8, 4) is 0 Å². The largest absolute Gasteiger partial charge is 0.356 e. The van der Waals surface area contributed by atoms with Gasteiger partial charge in [0.2, 0.25) is 5.91 Å². The Labute approximate surface area is 172 Å². The lowest BCUT2D eigenvalue weighted by atomic mass is 9.71. The van der Waals surface area contributed by atoms with Crippen molar-refractivity contribution in [1.29, 1.82) is 0 Å². The molecule has 2 heterocycles. The minimum atomic E-state index is -0.106. The second-order valence-electron chi connectivity index (χ2n) is 8.48. The van der Waals surface area contributed by atoms with Gasteiger partial charge in [-0.3, -0.25) is 14.6 Å². The van der Waals surface area contributed by atoms with Crippen LogP contribution in [-0.2, 0) is 17.8 Å². The third-order valence-electron chi connectivity index (χ3n) is 6.30. The standard InChI is InChI=1S/C24H29N3O2/c28-22(26-15-11-20-9-4-7-14-25-20)16-24(12-5-1-6-13-24)18-27-17-19-8-2-3-10-21(19)23(27)29/h2-4,7-10,14H,1,5-6,11-13,15-18H2,(H,26,28). The van der Waals surface area contributed by atoms with Gasteiger partial charge in [-0.25, -0.2) is 0 Å². The minimum Gasteiger partial charge on any atom is -0.356 e. The molecule has 1 aliphatic carbocycles. The topological polar surface area (TPSA) is 62.3 Å². The number of nitrogens with one attached hydrogen (secondary N) is 1. The molecule has 4 rings (SSSR count). The van der Waals surface area contributed by atoms with Crippen LogP contribution in [0.1, 0.15) is 60.1 Å². The van der Waals surface area contributed by atoms with Gasteiger partial charge in [-0.15, -0.1) is 0 Å². The third-order valence-corrected chi connectivity index (χ3v) is 6.30. The van der Waals surface area contributed by atoms with Crippen LogP contribution in [0.2, 0.25) is 0 Å². The summed E-state index contributed by atoms with van der Waals surface area (Å²) < 4.78 is 0. The molecule has 152 valence electrons.